The summed E-state index contributed by atoms with van der Waals surface area (Å²) in [6.07, 6.45) is 0.877. The van der Waals surface area contributed by atoms with E-state index in [1.54, 1.807) is 6.08 Å². The number of ether oxygens (including phenoxy) is 3. The minimum absolute atomic E-state index is 0.177. The van der Waals surface area contributed by atoms with Crippen LogP contribution in [-0.2, 0) is 14.2 Å². The average Bonchev–Trinajstić information content (AvgIpc) is 2.09. The molecule has 0 aliphatic rings. The summed E-state index contributed by atoms with van der Waals surface area (Å²) in [4.78, 5) is 10.1. The van der Waals surface area contributed by atoms with Gasteiger partial charge in [-0.1, -0.05) is 6.08 Å². The number of hydrogen-bond acceptors (Lipinski definition) is 4. The van der Waals surface area contributed by atoms with Crippen LogP contribution >= 0.6 is 0 Å². The molecule has 0 aromatic rings. The third kappa shape index (κ3) is 10.9. The van der Waals surface area contributed by atoms with Gasteiger partial charge >= 0.3 is 6.09 Å². The molecule has 0 heterocycles. The lowest BCUT2D eigenvalue weighted by Gasteiger charge is -2.03. The van der Waals surface area contributed by atoms with Crippen molar-refractivity contribution in [3.05, 3.63) is 12.7 Å². The zero-order valence-corrected chi connectivity index (χ0v) is 7.53. The summed E-state index contributed by atoms with van der Waals surface area (Å²) in [5.41, 5.74) is 4.72. The molecular formula is C8H15NO4. The van der Waals surface area contributed by atoms with E-state index in [4.69, 9.17) is 15.2 Å². The predicted molar refractivity (Wildman–Crippen MR) is 47.4 cm³/mol. The highest BCUT2D eigenvalue weighted by Crippen LogP contribution is 1.80. The van der Waals surface area contributed by atoms with Gasteiger partial charge in [0, 0.05) is 0 Å². The second-order valence-electron chi connectivity index (χ2n) is 2.14. The standard InChI is InChI=1S/C8H15NO4/c1-2-3-11-4-5-12-6-7-13-8(9)10/h2H,1,3-7H2,(H2,9,10). The maximum atomic E-state index is 10.1. The number of rotatable bonds is 8. The molecule has 0 fully saturated rings. The molecule has 0 aliphatic carbocycles. The maximum Gasteiger partial charge on any atom is 0.404 e. The van der Waals surface area contributed by atoms with Crippen molar-refractivity contribution in [3.63, 3.8) is 0 Å². The van der Waals surface area contributed by atoms with Crippen molar-refractivity contribution in [2.75, 3.05) is 33.0 Å². The number of hydrogen-bond donors (Lipinski definition) is 1. The van der Waals surface area contributed by atoms with E-state index in [1.165, 1.54) is 0 Å². The van der Waals surface area contributed by atoms with Crippen LogP contribution in [0.15, 0.2) is 12.7 Å². The normalized spacial score (nSPS) is 9.54. The van der Waals surface area contributed by atoms with Crippen LogP contribution in [0.2, 0.25) is 0 Å². The molecule has 0 rings (SSSR count). The lowest BCUT2D eigenvalue weighted by Crippen LogP contribution is -2.17. The van der Waals surface area contributed by atoms with Crippen LogP contribution < -0.4 is 5.73 Å². The van der Waals surface area contributed by atoms with E-state index in [0.29, 0.717) is 26.4 Å². The highest BCUT2D eigenvalue weighted by atomic mass is 16.6. The first-order valence-electron chi connectivity index (χ1n) is 3.96. The van der Waals surface area contributed by atoms with Crippen molar-refractivity contribution in [1.29, 1.82) is 0 Å². The van der Waals surface area contributed by atoms with Gasteiger partial charge in [0.05, 0.1) is 26.4 Å². The minimum Gasteiger partial charge on any atom is -0.447 e. The largest absolute Gasteiger partial charge is 0.447 e. The van der Waals surface area contributed by atoms with E-state index in [9.17, 15) is 4.79 Å². The SMILES string of the molecule is C=CCOCCOCCOC(N)=O. The lowest BCUT2D eigenvalue weighted by molar-refractivity contribution is 0.0363. The Morgan fingerprint density at radius 2 is 1.85 bits per heavy atom. The molecule has 5 heteroatoms. The Labute approximate surface area is 77.4 Å². The van der Waals surface area contributed by atoms with Crippen LogP contribution in [0.3, 0.4) is 0 Å². The summed E-state index contributed by atoms with van der Waals surface area (Å²) in [6, 6.07) is 0. The summed E-state index contributed by atoms with van der Waals surface area (Å²) >= 11 is 0. The molecule has 0 spiro atoms. The van der Waals surface area contributed by atoms with Crippen LogP contribution in [0.5, 0.6) is 0 Å². The lowest BCUT2D eigenvalue weighted by atomic mass is 10.7. The van der Waals surface area contributed by atoms with E-state index in [0.717, 1.165) is 0 Å². The summed E-state index contributed by atoms with van der Waals surface area (Å²) in [5.74, 6) is 0. The molecule has 13 heavy (non-hydrogen) atoms. The number of amides is 1. The average molecular weight is 189 g/mol. The summed E-state index contributed by atoms with van der Waals surface area (Å²) in [5, 5.41) is 0. The van der Waals surface area contributed by atoms with Crippen LogP contribution in [0.1, 0.15) is 0 Å². The second kappa shape index (κ2) is 9.02. The minimum atomic E-state index is -0.786. The number of carbonyl (C=O) groups is 1. The molecule has 0 aliphatic heterocycles. The van der Waals surface area contributed by atoms with Crippen LogP contribution in [0.4, 0.5) is 4.79 Å². The van der Waals surface area contributed by atoms with Gasteiger partial charge in [-0.3, -0.25) is 0 Å². The summed E-state index contributed by atoms with van der Waals surface area (Å²) < 4.78 is 14.5. The quantitative estimate of drug-likeness (QED) is 0.440. The maximum absolute atomic E-state index is 10.1. The van der Waals surface area contributed by atoms with Crippen molar-refractivity contribution in [1.82, 2.24) is 0 Å². The Balaban J connectivity index is 2.91. The Morgan fingerprint density at radius 3 is 2.46 bits per heavy atom. The topological polar surface area (TPSA) is 70.8 Å². The molecule has 0 bridgehead atoms. The predicted octanol–water partition coefficient (Wildman–Crippen LogP) is 0.301. The first-order chi connectivity index (χ1) is 6.27. The molecule has 0 saturated heterocycles. The first-order valence-corrected chi connectivity index (χ1v) is 3.96. The molecule has 0 unspecified atom stereocenters. The zero-order valence-electron chi connectivity index (χ0n) is 7.53. The van der Waals surface area contributed by atoms with E-state index in [1.807, 2.05) is 0 Å². The molecule has 1 amide bonds. The molecule has 0 saturated carbocycles. The van der Waals surface area contributed by atoms with Gasteiger partial charge in [-0.15, -0.1) is 6.58 Å². The van der Waals surface area contributed by atoms with Gasteiger partial charge in [-0.25, -0.2) is 4.79 Å². The van der Waals surface area contributed by atoms with Gasteiger partial charge in [0.1, 0.15) is 6.61 Å². The molecule has 2 N–H and O–H groups in total. The molecule has 0 radical (unpaired) electrons. The molecule has 76 valence electrons. The summed E-state index contributed by atoms with van der Waals surface area (Å²) in [6.45, 7) is 5.49. The fourth-order valence-corrected chi connectivity index (χ4v) is 0.588. The number of carbonyl (C=O) groups excluding carboxylic acids is 1. The number of nitrogens with two attached hydrogens (primary N) is 1. The monoisotopic (exact) mass is 189 g/mol. The van der Waals surface area contributed by atoms with Crippen molar-refractivity contribution in [2.45, 2.75) is 0 Å². The van der Waals surface area contributed by atoms with E-state index >= 15 is 0 Å². The van der Waals surface area contributed by atoms with Crippen LogP contribution in [-0.4, -0.2) is 39.1 Å². The van der Waals surface area contributed by atoms with E-state index in [-0.39, 0.29) is 6.61 Å². The van der Waals surface area contributed by atoms with Gasteiger partial charge < -0.3 is 19.9 Å². The third-order valence-corrected chi connectivity index (χ3v) is 1.08. The van der Waals surface area contributed by atoms with E-state index < -0.39 is 6.09 Å². The Hall–Kier alpha value is -1.07. The second-order valence-corrected chi connectivity index (χ2v) is 2.14. The van der Waals surface area contributed by atoms with Crippen molar-refractivity contribution < 1.29 is 19.0 Å². The Bertz CT molecular complexity index is 149. The molecular weight excluding hydrogens is 174 g/mol. The molecule has 5 nitrogen and oxygen atoms in total. The summed E-state index contributed by atoms with van der Waals surface area (Å²) in [7, 11) is 0. The molecule has 0 atom stereocenters. The first kappa shape index (κ1) is 11.9. The van der Waals surface area contributed by atoms with Gasteiger partial charge in [0.2, 0.25) is 0 Å². The highest BCUT2D eigenvalue weighted by Gasteiger charge is 1.92. The smallest absolute Gasteiger partial charge is 0.404 e. The fraction of sp³-hybridized carbons (Fsp3) is 0.625. The molecule has 0 aromatic carbocycles. The van der Waals surface area contributed by atoms with Crippen molar-refractivity contribution >= 4 is 6.09 Å². The van der Waals surface area contributed by atoms with Crippen molar-refractivity contribution in [2.24, 2.45) is 5.73 Å². The third-order valence-electron chi connectivity index (χ3n) is 1.08. The van der Waals surface area contributed by atoms with Crippen LogP contribution in [0, 0.1) is 0 Å². The molecule has 0 aromatic heterocycles. The van der Waals surface area contributed by atoms with Gasteiger partial charge in [0.25, 0.3) is 0 Å². The van der Waals surface area contributed by atoms with E-state index in [2.05, 4.69) is 11.3 Å². The highest BCUT2D eigenvalue weighted by molar-refractivity contribution is 5.64. The number of primary amides is 1. The van der Waals surface area contributed by atoms with Gasteiger partial charge in [0.15, 0.2) is 0 Å². The van der Waals surface area contributed by atoms with Gasteiger partial charge in [-0.2, -0.15) is 0 Å². The van der Waals surface area contributed by atoms with Crippen LogP contribution in [0.25, 0.3) is 0 Å². The Morgan fingerprint density at radius 1 is 1.23 bits per heavy atom. The van der Waals surface area contributed by atoms with Crippen molar-refractivity contribution in [3.8, 4) is 0 Å². The van der Waals surface area contributed by atoms with Gasteiger partial charge in [-0.05, 0) is 0 Å². The fourth-order valence-electron chi connectivity index (χ4n) is 0.588. The Kier molecular flexibility index (Phi) is 8.28. The zero-order chi connectivity index (χ0) is 9.94.